The zero-order chi connectivity index (χ0) is 21.2. The maximum atomic E-state index is 6.07. The molecule has 0 aliphatic heterocycles. The van der Waals surface area contributed by atoms with Crippen molar-refractivity contribution in [1.82, 2.24) is 19.3 Å². The van der Waals surface area contributed by atoms with E-state index in [1.165, 1.54) is 16.3 Å². The van der Waals surface area contributed by atoms with Gasteiger partial charge >= 0.3 is 0 Å². The fourth-order valence-corrected chi connectivity index (χ4v) is 4.70. The average Bonchev–Trinajstić information content (AvgIpc) is 3.36. The molecule has 5 aromatic rings. The lowest BCUT2D eigenvalue weighted by Crippen LogP contribution is -2.02. The Kier molecular flexibility index (Phi) is 5.38. The largest absolute Gasteiger partial charge is 0.492 e. The summed E-state index contributed by atoms with van der Waals surface area (Å²) in [6.07, 6.45) is 2.17. The molecular formula is C25H24N4OS. The number of aryl methyl sites for hydroxylation is 1. The number of hydrogen-bond acceptors (Lipinski definition) is 4. The van der Waals surface area contributed by atoms with Crippen molar-refractivity contribution in [3.05, 3.63) is 72.9 Å². The van der Waals surface area contributed by atoms with Crippen molar-refractivity contribution in [1.29, 1.82) is 0 Å². The lowest BCUT2D eigenvalue weighted by atomic mass is 10.1. The zero-order valence-corrected chi connectivity index (χ0v) is 18.5. The number of rotatable bonds is 7. The highest BCUT2D eigenvalue weighted by Gasteiger charge is 2.16. The van der Waals surface area contributed by atoms with Gasteiger partial charge in [0, 0.05) is 47.4 Å². The van der Waals surface area contributed by atoms with Crippen molar-refractivity contribution in [3.8, 4) is 17.1 Å². The second-order valence-corrected chi connectivity index (χ2v) is 8.45. The summed E-state index contributed by atoms with van der Waals surface area (Å²) >= 11 is 1.66. The average molecular weight is 429 g/mol. The van der Waals surface area contributed by atoms with Crippen LogP contribution in [0.3, 0.4) is 0 Å². The maximum Gasteiger partial charge on any atom is 0.191 e. The third-order valence-electron chi connectivity index (χ3n) is 5.53. The molecule has 0 amide bonds. The maximum absolute atomic E-state index is 6.07. The second-order valence-electron chi connectivity index (χ2n) is 7.39. The van der Waals surface area contributed by atoms with Crippen LogP contribution in [0.15, 0.2) is 78.1 Å². The summed E-state index contributed by atoms with van der Waals surface area (Å²) in [7, 11) is 2.03. The summed E-state index contributed by atoms with van der Waals surface area (Å²) in [6.45, 7) is 3.69. The Morgan fingerprint density at radius 3 is 2.55 bits per heavy atom. The Morgan fingerprint density at radius 2 is 1.68 bits per heavy atom. The number of hydrogen-bond donors (Lipinski definition) is 0. The highest BCUT2D eigenvalue weighted by Crippen LogP contribution is 2.31. The first-order valence-electron chi connectivity index (χ1n) is 10.5. The van der Waals surface area contributed by atoms with Gasteiger partial charge in [0.1, 0.15) is 5.75 Å². The molecule has 5 nitrogen and oxygen atoms in total. The van der Waals surface area contributed by atoms with Crippen LogP contribution in [0.4, 0.5) is 0 Å². The van der Waals surface area contributed by atoms with E-state index in [1.54, 1.807) is 11.8 Å². The Morgan fingerprint density at radius 1 is 0.903 bits per heavy atom. The summed E-state index contributed by atoms with van der Waals surface area (Å²) in [6, 6.07) is 22.9. The molecule has 0 fully saturated rings. The van der Waals surface area contributed by atoms with Gasteiger partial charge in [0.2, 0.25) is 0 Å². The fourth-order valence-electron chi connectivity index (χ4n) is 3.97. The van der Waals surface area contributed by atoms with Crippen LogP contribution in [0.2, 0.25) is 0 Å². The van der Waals surface area contributed by atoms with E-state index in [1.807, 2.05) is 31.3 Å². The molecule has 156 valence electrons. The first kappa shape index (κ1) is 19.7. The molecule has 6 heteroatoms. The molecule has 0 aliphatic carbocycles. The van der Waals surface area contributed by atoms with Crippen LogP contribution in [-0.4, -0.2) is 31.7 Å². The molecule has 31 heavy (non-hydrogen) atoms. The van der Waals surface area contributed by atoms with Gasteiger partial charge in [-0.2, -0.15) is 0 Å². The molecule has 0 radical (unpaired) electrons. The van der Waals surface area contributed by atoms with Crippen molar-refractivity contribution in [2.75, 3.05) is 12.4 Å². The molecule has 2 heterocycles. The van der Waals surface area contributed by atoms with Crippen LogP contribution in [-0.2, 0) is 13.6 Å². The standard InChI is InChI=1S/C25H24N4OS/c1-3-29-17-21(20-12-6-7-13-22(20)29)24-26-27-25(28(24)2)31-16-15-30-23-14-8-10-18-9-4-5-11-19(18)23/h4-14,17H,3,15-16H2,1-2H3. The van der Waals surface area contributed by atoms with Gasteiger partial charge in [0.25, 0.3) is 0 Å². The molecule has 0 N–H and O–H groups in total. The second kappa shape index (κ2) is 8.47. The van der Waals surface area contributed by atoms with E-state index in [0.717, 1.165) is 40.0 Å². The van der Waals surface area contributed by atoms with E-state index >= 15 is 0 Å². The van der Waals surface area contributed by atoms with E-state index in [2.05, 4.69) is 74.9 Å². The van der Waals surface area contributed by atoms with Crippen molar-refractivity contribution in [3.63, 3.8) is 0 Å². The van der Waals surface area contributed by atoms with E-state index in [4.69, 9.17) is 4.74 Å². The molecule has 5 rings (SSSR count). The van der Waals surface area contributed by atoms with Crippen LogP contribution in [0.1, 0.15) is 6.92 Å². The van der Waals surface area contributed by atoms with Gasteiger partial charge in [-0.1, -0.05) is 66.4 Å². The molecule has 0 spiro atoms. The molecule has 0 atom stereocenters. The highest BCUT2D eigenvalue weighted by molar-refractivity contribution is 7.99. The van der Waals surface area contributed by atoms with Gasteiger partial charge < -0.3 is 13.9 Å². The predicted octanol–water partition coefficient (Wildman–Crippen LogP) is 5.78. The molecule has 0 aliphatic rings. The molecular weight excluding hydrogens is 404 g/mol. The normalized spacial score (nSPS) is 11.4. The van der Waals surface area contributed by atoms with Gasteiger partial charge in [0.05, 0.1) is 6.61 Å². The third kappa shape index (κ3) is 3.68. The van der Waals surface area contributed by atoms with E-state index < -0.39 is 0 Å². The number of aromatic nitrogens is 4. The van der Waals surface area contributed by atoms with Gasteiger partial charge in [-0.3, -0.25) is 0 Å². The van der Waals surface area contributed by atoms with E-state index in [0.29, 0.717) is 6.61 Å². The first-order chi connectivity index (χ1) is 15.3. The predicted molar refractivity (Wildman–Crippen MR) is 128 cm³/mol. The molecule has 3 aromatic carbocycles. The van der Waals surface area contributed by atoms with Gasteiger partial charge in [0.15, 0.2) is 11.0 Å². The molecule has 0 saturated heterocycles. The fraction of sp³-hybridized carbons (Fsp3) is 0.200. The summed E-state index contributed by atoms with van der Waals surface area (Å²) in [5.41, 5.74) is 2.34. The Bertz CT molecular complexity index is 1350. The Hall–Kier alpha value is -3.25. The minimum Gasteiger partial charge on any atom is -0.492 e. The van der Waals surface area contributed by atoms with Gasteiger partial charge in [-0.25, -0.2) is 0 Å². The lowest BCUT2D eigenvalue weighted by Gasteiger charge is -2.09. The smallest absolute Gasteiger partial charge is 0.191 e. The van der Waals surface area contributed by atoms with Crippen LogP contribution in [0, 0.1) is 0 Å². The van der Waals surface area contributed by atoms with E-state index in [9.17, 15) is 0 Å². The van der Waals surface area contributed by atoms with Crippen LogP contribution >= 0.6 is 11.8 Å². The van der Waals surface area contributed by atoms with Crippen LogP contribution < -0.4 is 4.74 Å². The summed E-state index contributed by atoms with van der Waals surface area (Å²) in [5, 5.41) is 13.4. The number of thioether (sulfide) groups is 1. The summed E-state index contributed by atoms with van der Waals surface area (Å²) in [4.78, 5) is 0. The number of benzene rings is 3. The van der Waals surface area contributed by atoms with Crippen molar-refractivity contribution >= 4 is 33.4 Å². The molecule has 0 bridgehead atoms. The van der Waals surface area contributed by atoms with Crippen molar-refractivity contribution < 1.29 is 4.74 Å². The quantitative estimate of drug-likeness (QED) is 0.243. The molecule has 0 unspecified atom stereocenters. The Labute approximate surface area is 185 Å². The minimum absolute atomic E-state index is 0.607. The van der Waals surface area contributed by atoms with E-state index in [-0.39, 0.29) is 0 Å². The number of ether oxygens (including phenoxy) is 1. The molecule has 2 aromatic heterocycles. The SMILES string of the molecule is CCn1cc(-c2nnc(SCCOc3cccc4ccccc34)n2C)c2ccccc21. The lowest BCUT2D eigenvalue weighted by molar-refractivity contribution is 0.348. The van der Waals surface area contributed by atoms with Crippen molar-refractivity contribution in [2.24, 2.45) is 7.05 Å². The van der Waals surface area contributed by atoms with Crippen LogP contribution in [0.5, 0.6) is 5.75 Å². The zero-order valence-electron chi connectivity index (χ0n) is 17.7. The summed E-state index contributed by atoms with van der Waals surface area (Å²) < 4.78 is 10.4. The van der Waals surface area contributed by atoms with Gasteiger partial charge in [-0.15, -0.1) is 10.2 Å². The Balaban J connectivity index is 1.30. The minimum atomic E-state index is 0.607. The summed E-state index contributed by atoms with van der Waals surface area (Å²) in [5.74, 6) is 2.61. The third-order valence-corrected chi connectivity index (χ3v) is 6.51. The van der Waals surface area contributed by atoms with Crippen molar-refractivity contribution in [2.45, 2.75) is 18.6 Å². The highest BCUT2D eigenvalue weighted by atomic mass is 32.2. The monoisotopic (exact) mass is 428 g/mol. The molecule has 0 saturated carbocycles. The topological polar surface area (TPSA) is 44.9 Å². The first-order valence-corrected chi connectivity index (χ1v) is 11.5. The number of fused-ring (bicyclic) bond motifs is 2. The number of nitrogens with zero attached hydrogens (tertiary/aromatic N) is 4. The van der Waals surface area contributed by atoms with Gasteiger partial charge in [-0.05, 0) is 24.4 Å². The van der Waals surface area contributed by atoms with Crippen LogP contribution in [0.25, 0.3) is 33.1 Å². The number of para-hydroxylation sites is 1.